The van der Waals surface area contributed by atoms with Gasteiger partial charge in [-0.25, -0.2) is 0 Å². The van der Waals surface area contributed by atoms with E-state index in [2.05, 4.69) is 38.8 Å². The summed E-state index contributed by atoms with van der Waals surface area (Å²) in [6, 6.07) is 10.4. The number of rotatable bonds is 4. The Bertz CT molecular complexity index is 481. The molecule has 1 fully saturated rings. The molecule has 0 aliphatic carbocycles. The van der Waals surface area contributed by atoms with E-state index in [0.717, 1.165) is 12.0 Å². The monoisotopic (exact) mass is 275 g/mol. The van der Waals surface area contributed by atoms with Crippen LogP contribution in [0, 0.1) is 0 Å². The van der Waals surface area contributed by atoms with E-state index >= 15 is 0 Å². The second-order valence-corrected chi connectivity index (χ2v) is 7.01. The molecule has 1 aliphatic heterocycles. The number of amides is 1. The van der Waals surface area contributed by atoms with E-state index in [1.54, 1.807) is 0 Å². The molecule has 2 rings (SSSR count). The largest absolute Gasteiger partial charge is 0.330 e. The number of benzene rings is 1. The Hall–Kier alpha value is -1.22. The van der Waals surface area contributed by atoms with Crippen molar-refractivity contribution in [3.63, 3.8) is 0 Å². The molecule has 1 aromatic rings. The lowest BCUT2D eigenvalue weighted by Gasteiger charge is -2.36. The molecule has 1 aromatic carbocycles. The van der Waals surface area contributed by atoms with Crippen LogP contribution in [-0.2, 0) is 11.3 Å². The van der Waals surface area contributed by atoms with Gasteiger partial charge in [-0.15, -0.1) is 0 Å². The van der Waals surface area contributed by atoms with Crippen molar-refractivity contribution in [1.29, 1.82) is 0 Å². The van der Waals surface area contributed by atoms with Crippen LogP contribution >= 0.6 is 11.8 Å². The molecule has 0 spiro atoms. The van der Waals surface area contributed by atoms with Crippen LogP contribution in [0.1, 0.15) is 25.8 Å². The normalized spacial score (nSPS) is 20.2. The highest BCUT2D eigenvalue weighted by molar-refractivity contribution is 8.00. The summed E-state index contributed by atoms with van der Waals surface area (Å²) >= 11 is 1.81. The van der Waals surface area contributed by atoms with Gasteiger partial charge in [0.25, 0.3) is 0 Å². The smallest absolute Gasteiger partial charge is 0.249 e. The standard InChI is InChI=1S/C16H21NOS/c1-12-10-14(16(2,3)19-4)17(15(12)18)11-13-8-6-5-7-9-13/h5-9,14H,1,10-11H2,2-4H3. The summed E-state index contributed by atoms with van der Waals surface area (Å²) in [6.45, 7) is 9.00. The van der Waals surface area contributed by atoms with Gasteiger partial charge in [-0.1, -0.05) is 36.9 Å². The van der Waals surface area contributed by atoms with Gasteiger partial charge in [0.15, 0.2) is 0 Å². The lowest BCUT2D eigenvalue weighted by atomic mass is 9.99. The van der Waals surface area contributed by atoms with Crippen LogP contribution in [0.3, 0.4) is 0 Å². The number of thioether (sulfide) groups is 1. The first kappa shape index (κ1) is 14.2. The van der Waals surface area contributed by atoms with Gasteiger partial charge in [0.05, 0.1) is 6.04 Å². The first-order valence-corrected chi connectivity index (χ1v) is 7.76. The second-order valence-electron chi connectivity index (χ2n) is 5.55. The molecule has 1 amide bonds. The predicted octanol–water partition coefficient (Wildman–Crippen LogP) is 3.49. The van der Waals surface area contributed by atoms with E-state index in [1.807, 2.05) is 34.9 Å². The summed E-state index contributed by atoms with van der Waals surface area (Å²) in [4.78, 5) is 14.3. The third-order valence-corrected chi connectivity index (χ3v) is 5.23. The Labute approximate surface area is 119 Å². The zero-order valence-electron chi connectivity index (χ0n) is 11.8. The minimum atomic E-state index is 0.0455. The topological polar surface area (TPSA) is 20.3 Å². The zero-order chi connectivity index (χ0) is 14.0. The molecule has 0 saturated carbocycles. The molecule has 1 aliphatic rings. The number of nitrogens with zero attached hydrogens (tertiary/aromatic N) is 1. The number of hydrogen-bond acceptors (Lipinski definition) is 2. The van der Waals surface area contributed by atoms with Crippen LogP contribution in [-0.4, -0.2) is 27.9 Å². The summed E-state index contributed by atoms with van der Waals surface area (Å²) < 4.78 is 0.0455. The fraction of sp³-hybridized carbons (Fsp3) is 0.438. The van der Waals surface area contributed by atoms with Crippen LogP contribution in [0.4, 0.5) is 0 Å². The van der Waals surface area contributed by atoms with Crippen molar-refractivity contribution in [3.8, 4) is 0 Å². The Morgan fingerprint density at radius 1 is 1.37 bits per heavy atom. The van der Waals surface area contributed by atoms with E-state index in [-0.39, 0.29) is 16.7 Å². The Morgan fingerprint density at radius 2 is 2.00 bits per heavy atom. The van der Waals surface area contributed by atoms with Crippen LogP contribution < -0.4 is 0 Å². The molecule has 1 unspecified atom stereocenters. The van der Waals surface area contributed by atoms with Gasteiger partial charge in [-0.05, 0) is 32.1 Å². The lowest BCUT2D eigenvalue weighted by molar-refractivity contribution is -0.127. The van der Waals surface area contributed by atoms with E-state index in [1.165, 1.54) is 5.56 Å². The molecule has 3 heteroatoms. The van der Waals surface area contributed by atoms with Crippen molar-refractivity contribution in [1.82, 2.24) is 4.90 Å². The Balaban J connectivity index is 2.24. The number of carbonyl (C=O) groups excluding carboxylic acids is 1. The van der Waals surface area contributed by atoms with Gasteiger partial charge < -0.3 is 4.90 Å². The minimum Gasteiger partial charge on any atom is -0.330 e. The van der Waals surface area contributed by atoms with Crippen molar-refractivity contribution in [2.75, 3.05) is 6.26 Å². The maximum absolute atomic E-state index is 12.3. The van der Waals surface area contributed by atoms with Crippen LogP contribution in [0.25, 0.3) is 0 Å². The average molecular weight is 275 g/mol. The Kier molecular flexibility index (Phi) is 4.04. The Morgan fingerprint density at radius 3 is 2.58 bits per heavy atom. The fourth-order valence-electron chi connectivity index (χ4n) is 2.49. The van der Waals surface area contributed by atoms with E-state index in [4.69, 9.17) is 0 Å². The number of likely N-dealkylation sites (tertiary alicyclic amines) is 1. The van der Waals surface area contributed by atoms with E-state index in [9.17, 15) is 4.79 Å². The minimum absolute atomic E-state index is 0.0455. The summed E-state index contributed by atoms with van der Waals surface area (Å²) in [5.41, 5.74) is 1.91. The highest BCUT2D eigenvalue weighted by Crippen LogP contribution is 2.38. The second kappa shape index (κ2) is 5.41. The molecule has 0 N–H and O–H groups in total. The molecule has 19 heavy (non-hydrogen) atoms. The van der Waals surface area contributed by atoms with Crippen LogP contribution in [0.15, 0.2) is 42.5 Å². The van der Waals surface area contributed by atoms with E-state index in [0.29, 0.717) is 6.54 Å². The van der Waals surface area contributed by atoms with Crippen molar-refractivity contribution in [2.45, 2.75) is 37.6 Å². The van der Waals surface area contributed by atoms with Crippen molar-refractivity contribution in [2.24, 2.45) is 0 Å². The summed E-state index contributed by atoms with van der Waals surface area (Å²) in [5, 5.41) is 0. The molecule has 2 nitrogen and oxygen atoms in total. The highest BCUT2D eigenvalue weighted by atomic mass is 32.2. The van der Waals surface area contributed by atoms with Gasteiger partial charge in [-0.2, -0.15) is 11.8 Å². The molecular formula is C16H21NOS. The maximum Gasteiger partial charge on any atom is 0.249 e. The highest BCUT2D eigenvalue weighted by Gasteiger charge is 2.42. The van der Waals surface area contributed by atoms with Crippen LogP contribution in [0.5, 0.6) is 0 Å². The summed E-state index contributed by atoms with van der Waals surface area (Å²) in [6.07, 6.45) is 2.88. The van der Waals surface area contributed by atoms with Gasteiger partial charge in [0, 0.05) is 16.9 Å². The molecule has 0 radical (unpaired) electrons. The molecular weight excluding hydrogens is 254 g/mol. The lowest BCUT2D eigenvalue weighted by Crippen LogP contribution is -2.44. The SMILES string of the molecule is C=C1CC(C(C)(C)SC)N(Cc2ccccc2)C1=O. The van der Waals surface area contributed by atoms with Gasteiger partial charge in [0.1, 0.15) is 0 Å². The van der Waals surface area contributed by atoms with E-state index < -0.39 is 0 Å². The summed E-state index contributed by atoms with van der Waals surface area (Å²) in [5.74, 6) is 0.107. The quantitative estimate of drug-likeness (QED) is 0.784. The molecule has 1 atom stereocenters. The fourth-order valence-corrected chi connectivity index (χ4v) is 2.98. The third-order valence-electron chi connectivity index (χ3n) is 3.90. The van der Waals surface area contributed by atoms with Crippen LogP contribution in [0.2, 0.25) is 0 Å². The number of hydrogen-bond donors (Lipinski definition) is 0. The summed E-state index contributed by atoms with van der Waals surface area (Å²) in [7, 11) is 0. The van der Waals surface area contributed by atoms with Crippen molar-refractivity contribution < 1.29 is 4.79 Å². The van der Waals surface area contributed by atoms with Gasteiger partial charge >= 0.3 is 0 Å². The molecule has 1 heterocycles. The predicted molar refractivity (Wildman–Crippen MR) is 82.1 cm³/mol. The van der Waals surface area contributed by atoms with Gasteiger partial charge in [-0.3, -0.25) is 4.79 Å². The zero-order valence-corrected chi connectivity index (χ0v) is 12.7. The number of carbonyl (C=O) groups is 1. The molecule has 1 saturated heterocycles. The molecule has 102 valence electrons. The molecule has 0 bridgehead atoms. The maximum atomic E-state index is 12.3. The van der Waals surface area contributed by atoms with Crippen molar-refractivity contribution >= 4 is 17.7 Å². The first-order valence-electron chi connectivity index (χ1n) is 6.53. The van der Waals surface area contributed by atoms with Gasteiger partial charge in [0.2, 0.25) is 5.91 Å². The average Bonchev–Trinajstić information content (AvgIpc) is 2.69. The third kappa shape index (κ3) is 2.86. The first-order chi connectivity index (χ1) is 8.95. The van der Waals surface area contributed by atoms with Crippen molar-refractivity contribution in [3.05, 3.63) is 48.0 Å². The molecule has 0 aromatic heterocycles.